The number of carbonyl (C=O) groups excluding carboxylic acids is 3. The summed E-state index contributed by atoms with van der Waals surface area (Å²) in [7, 11) is 0. The molecule has 0 bridgehead atoms. The molecule has 0 aliphatic carbocycles. The van der Waals surface area contributed by atoms with E-state index in [9.17, 15) is 29.1 Å². The predicted octanol–water partition coefficient (Wildman–Crippen LogP) is -0.601. The molecule has 194 valence electrons. The molecular weight excluding hydrogens is 446 g/mol. The van der Waals surface area contributed by atoms with E-state index >= 15 is 0 Å². The minimum Gasteiger partial charge on any atom is -0.481 e. The summed E-state index contributed by atoms with van der Waals surface area (Å²) in [6, 6.07) is -3.95. The maximum atomic E-state index is 13.4. The van der Waals surface area contributed by atoms with Crippen molar-refractivity contribution in [2.75, 3.05) is 13.1 Å². The van der Waals surface area contributed by atoms with Crippen LogP contribution in [0.15, 0.2) is 0 Å². The maximum Gasteiger partial charge on any atom is 0.326 e. The van der Waals surface area contributed by atoms with Gasteiger partial charge in [-0.15, -0.1) is 0 Å². The Hall–Kier alpha value is -2.73. The first-order chi connectivity index (χ1) is 16.0. The zero-order valence-electron chi connectivity index (χ0n) is 20.0. The zero-order chi connectivity index (χ0) is 25.8. The van der Waals surface area contributed by atoms with Gasteiger partial charge in [0.1, 0.15) is 18.1 Å². The first kappa shape index (κ1) is 29.3. The monoisotopic (exact) mass is 485 g/mol. The van der Waals surface area contributed by atoms with Crippen LogP contribution in [0, 0.1) is 5.92 Å². The number of nitrogens with zero attached hydrogens (tertiary/aromatic N) is 1. The van der Waals surface area contributed by atoms with Crippen LogP contribution in [-0.4, -0.2) is 82.0 Å². The minimum absolute atomic E-state index is 0.0798. The lowest BCUT2D eigenvalue weighted by atomic mass is 9.98. The molecule has 8 N–H and O–H groups in total. The molecule has 1 aliphatic heterocycles. The van der Waals surface area contributed by atoms with Crippen LogP contribution in [0.2, 0.25) is 0 Å². The van der Waals surface area contributed by atoms with Gasteiger partial charge in [0.25, 0.3) is 0 Å². The number of amides is 3. The summed E-state index contributed by atoms with van der Waals surface area (Å²) in [5.41, 5.74) is 11.6. The largest absolute Gasteiger partial charge is 0.481 e. The molecule has 5 unspecified atom stereocenters. The molecule has 1 fully saturated rings. The van der Waals surface area contributed by atoms with Crippen molar-refractivity contribution in [3.8, 4) is 0 Å². The molecule has 0 saturated carbocycles. The smallest absolute Gasteiger partial charge is 0.326 e. The van der Waals surface area contributed by atoms with Gasteiger partial charge in [0, 0.05) is 13.0 Å². The number of unbranched alkanes of at least 4 members (excludes halogenated alkanes) is 1. The molecule has 5 atom stereocenters. The minimum atomic E-state index is -1.38. The summed E-state index contributed by atoms with van der Waals surface area (Å²) in [6.07, 6.45) is 2.44. The third-order valence-electron chi connectivity index (χ3n) is 6.22. The Balaban J connectivity index is 2.95. The lowest BCUT2D eigenvalue weighted by Gasteiger charge is -2.30. The van der Waals surface area contributed by atoms with Gasteiger partial charge in [-0.2, -0.15) is 0 Å². The second-order valence-corrected chi connectivity index (χ2v) is 8.78. The number of aliphatic carboxylic acids is 2. The molecule has 1 saturated heterocycles. The van der Waals surface area contributed by atoms with Crippen LogP contribution >= 0.6 is 0 Å². The molecule has 34 heavy (non-hydrogen) atoms. The van der Waals surface area contributed by atoms with E-state index in [2.05, 4.69) is 10.6 Å². The fourth-order valence-electron chi connectivity index (χ4n) is 3.83. The molecule has 0 radical (unpaired) electrons. The topological polar surface area (TPSA) is 205 Å². The van der Waals surface area contributed by atoms with Crippen molar-refractivity contribution in [1.82, 2.24) is 15.5 Å². The highest BCUT2D eigenvalue weighted by Gasteiger charge is 2.39. The van der Waals surface area contributed by atoms with Crippen LogP contribution in [0.3, 0.4) is 0 Å². The van der Waals surface area contributed by atoms with Crippen molar-refractivity contribution in [2.24, 2.45) is 17.4 Å². The fourth-order valence-corrected chi connectivity index (χ4v) is 3.83. The van der Waals surface area contributed by atoms with Crippen molar-refractivity contribution < 1.29 is 34.2 Å². The van der Waals surface area contributed by atoms with Crippen molar-refractivity contribution in [3.63, 3.8) is 0 Å². The van der Waals surface area contributed by atoms with E-state index in [1.807, 2.05) is 13.8 Å². The van der Waals surface area contributed by atoms with Gasteiger partial charge in [0.05, 0.1) is 6.04 Å². The van der Waals surface area contributed by atoms with Crippen LogP contribution < -0.4 is 22.1 Å². The third-order valence-corrected chi connectivity index (χ3v) is 6.22. The zero-order valence-corrected chi connectivity index (χ0v) is 20.0. The second kappa shape index (κ2) is 14.5. The number of carboxylic acid groups (broad SMARTS) is 2. The average molecular weight is 486 g/mol. The quantitative estimate of drug-likeness (QED) is 0.163. The van der Waals surface area contributed by atoms with Gasteiger partial charge in [0.2, 0.25) is 17.7 Å². The van der Waals surface area contributed by atoms with E-state index in [0.29, 0.717) is 45.1 Å². The Labute approximate surface area is 199 Å². The lowest BCUT2D eigenvalue weighted by molar-refractivity contribution is -0.145. The molecule has 12 nitrogen and oxygen atoms in total. The number of likely N-dealkylation sites (tertiary alicyclic amines) is 1. The van der Waals surface area contributed by atoms with E-state index in [1.54, 1.807) is 0 Å². The standard InChI is InChI=1S/C22H39N5O7/c1-3-13(2)18(24)20(31)25-14(7-4-5-11-23)21(32)27-12-6-8-16(27)19(30)26-15(22(33)34)9-10-17(28)29/h13-16,18H,3-12,23-24H2,1-2H3,(H,25,31)(H,26,30)(H,28,29)(H,33,34). The molecular formula is C22H39N5O7. The summed E-state index contributed by atoms with van der Waals surface area (Å²) in [5, 5.41) is 23.2. The van der Waals surface area contributed by atoms with Crippen LogP contribution in [0.5, 0.6) is 0 Å². The molecule has 0 aromatic heterocycles. The molecule has 1 aliphatic rings. The Morgan fingerprint density at radius 2 is 1.74 bits per heavy atom. The summed E-state index contributed by atoms with van der Waals surface area (Å²) >= 11 is 0. The molecule has 0 aromatic carbocycles. The fraction of sp³-hybridized carbons (Fsp3) is 0.773. The maximum absolute atomic E-state index is 13.4. The van der Waals surface area contributed by atoms with Gasteiger partial charge in [-0.3, -0.25) is 19.2 Å². The van der Waals surface area contributed by atoms with Crippen molar-refractivity contribution in [1.29, 1.82) is 0 Å². The highest BCUT2D eigenvalue weighted by molar-refractivity contribution is 5.94. The SMILES string of the molecule is CCC(C)C(N)C(=O)NC(CCCCN)C(=O)N1CCCC1C(=O)NC(CCC(=O)O)C(=O)O. The van der Waals surface area contributed by atoms with E-state index in [-0.39, 0.29) is 18.9 Å². The van der Waals surface area contributed by atoms with E-state index in [0.717, 1.165) is 0 Å². The Kier molecular flexibility index (Phi) is 12.5. The van der Waals surface area contributed by atoms with Crippen molar-refractivity contribution in [3.05, 3.63) is 0 Å². The summed E-state index contributed by atoms with van der Waals surface area (Å²) in [5.74, 6) is -4.14. The molecule has 1 rings (SSSR count). The van der Waals surface area contributed by atoms with Crippen LogP contribution in [-0.2, 0) is 24.0 Å². The Morgan fingerprint density at radius 3 is 2.29 bits per heavy atom. The molecule has 1 heterocycles. The number of nitrogens with two attached hydrogens (primary N) is 2. The van der Waals surface area contributed by atoms with Crippen LogP contribution in [0.25, 0.3) is 0 Å². The van der Waals surface area contributed by atoms with E-state index in [1.165, 1.54) is 4.90 Å². The Morgan fingerprint density at radius 1 is 1.06 bits per heavy atom. The predicted molar refractivity (Wildman–Crippen MR) is 123 cm³/mol. The number of hydrogen-bond acceptors (Lipinski definition) is 7. The van der Waals surface area contributed by atoms with Gasteiger partial charge < -0.3 is 37.2 Å². The van der Waals surface area contributed by atoms with Crippen LogP contribution in [0.1, 0.15) is 65.2 Å². The molecule has 12 heteroatoms. The third kappa shape index (κ3) is 8.90. The van der Waals surface area contributed by atoms with E-state index < -0.39 is 60.2 Å². The normalized spacial score (nSPS) is 19.1. The number of nitrogens with one attached hydrogen (secondary N) is 2. The van der Waals surface area contributed by atoms with E-state index in [4.69, 9.17) is 16.6 Å². The van der Waals surface area contributed by atoms with Crippen molar-refractivity contribution in [2.45, 2.75) is 89.4 Å². The molecule has 3 amide bonds. The Bertz CT molecular complexity index is 732. The molecule has 0 spiro atoms. The summed E-state index contributed by atoms with van der Waals surface area (Å²) in [6.45, 7) is 4.48. The highest BCUT2D eigenvalue weighted by Crippen LogP contribution is 2.21. The first-order valence-electron chi connectivity index (χ1n) is 11.8. The van der Waals surface area contributed by atoms with Gasteiger partial charge in [-0.25, -0.2) is 4.79 Å². The van der Waals surface area contributed by atoms with Crippen LogP contribution in [0.4, 0.5) is 0 Å². The number of hydrogen-bond donors (Lipinski definition) is 6. The molecule has 0 aromatic rings. The second-order valence-electron chi connectivity index (χ2n) is 8.78. The lowest BCUT2D eigenvalue weighted by Crippen LogP contribution is -2.57. The summed E-state index contributed by atoms with van der Waals surface area (Å²) < 4.78 is 0. The highest BCUT2D eigenvalue weighted by atomic mass is 16.4. The van der Waals surface area contributed by atoms with Gasteiger partial charge in [0.15, 0.2) is 0 Å². The van der Waals surface area contributed by atoms with Gasteiger partial charge >= 0.3 is 11.9 Å². The number of carboxylic acids is 2. The van der Waals surface area contributed by atoms with Crippen molar-refractivity contribution >= 4 is 29.7 Å². The first-order valence-corrected chi connectivity index (χ1v) is 11.8. The number of carbonyl (C=O) groups is 5. The van der Waals surface area contributed by atoms with Gasteiger partial charge in [-0.1, -0.05) is 20.3 Å². The summed E-state index contributed by atoms with van der Waals surface area (Å²) in [4.78, 5) is 62.4. The number of rotatable bonds is 15. The average Bonchev–Trinajstić information content (AvgIpc) is 3.29. The van der Waals surface area contributed by atoms with Gasteiger partial charge in [-0.05, 0) is 51.0 Å².